The zero-order chi connectivity index (χ0) is 28.7. The summed E-state index contributed by atoms with van der Waals surface area (Å²) in [5.74, 6) is -10.7. The number of anilines is 1. The second-order valence-electron chi connectivity index (χ2n) is 9.23. The highest BCUT2D eigenvalue weighted by Crippen LogP contribution is 2.37. The molecule has 0 radical (unpaired) electrons. The predicted octanol–water partition coefficient (Wildman–Crippen LogP) is 4.84. The first-order valence-corrected chi connectivity index (χ1v) is 12.0. The highest BCUT2D eigenvalue weighted by atomic mass is 19.2. The molecule has 1 aliphatic rings. The van der Waals surface area contributed by atoms with Crippen LogP contribution >= 0.6 is 0 Å². The molecule has 3 heterocycles. The van der Waals surface area contributed by atoms with Crippen LogP contribution in [0.15, 0.2) is 42.7 Å². The molecule has 0 amide bonds. The van der Waals surface area contributed by atoms with E-state index < -0.39 is 46.6 Å². The van der Waals surface area contributed by atoms with E-state index in [1.165, 1.54) is 12.4 Å². The van der Waals surface area contributed by atoms with Crippen LogP contribution in [0.4, 0.5) is 27.8 Å². The SMILES string of the molecule is C=C(CN1CCCC(n2nc(-c3ccc(Oc4c(F)c(F)cc(F)c4F)cc3F)c3c(N)ncnc32)C1)C(=O)O. The number of benzene rings is 2. The maximum atomic E-state index is 15.4. The lowest BCUT2D eigenvalue weighted by atomic mass is 10.1. The maximum Gasteiger partial charge on any atom is 0.332 e. The van der Waals surface area contributed by atoms with Gasteiger partial charge in [-0.05, 0) is 31.5 Å². The molecule has 208 valence electrons. The molecule has 4 aromatic rings. The molecule has 1 saturated heterocycles. The standard InChI is InChI=1S/C26H21F5N6O3/c1-12(26(38)39)9-36-6-2-3-13(10-36)37-25-19(24(32)33-11-34-25)22(35-37)15-5-4-14(7-16(15)27)40-23-20(30)17(28)8-18(29)21(23)31/h4-5,7-8,11,13H,1-3,6,9-10H2,(H,38,39)(H2,32,33,34). The lowest BCUT2D eigenvalue weighted by Crippen LogP contribution is -2.38. The third-order valence-electron chi connectivity index (χ3n) is 6.55. The van der Waals surface area contributed by atoms with Crippen molar-refractivity contribution in [2.45, 2.75) is 18.9 Å². The summed E-state index contributed by atoms with van der Waals surface area (Å²) in [4.78, 5) is 21.4. The summed E-state index contributed by atoms with van der Waals surface area (Å²) in [6.45, 7) is 4.81. The summed E-state index contributed by atoms with van der Waals surface area (Å²) < 4.78 is 77.1. The van der Waals surface area contributed by atoms with E-state index in [1.54, 1.807) is 4.68 Å². The average molecular weight is 560 g/mol. The van der Waals surface area contributed by atoms with Crippen molar-refractivity contribution in [3.8, 4) is 22.8 Å². The number of likely N-dealkylation sites (tertiary alicyclic amines) is 1. The number of carboxylic acids is 1. The Labute approximate surface area is 223 Å². The Morgan fingerprint density at radius 1 is 1.10 bits per heavy atom. The third kappa shape index (κ3) is 4.93. The number of carboxylic acid groups (broad SMARTS) is 1. The number of halogens is 5. The first-order valence-electron chi connectivity index (χ1n) is 12.0. The molecule has 0 aliphatic carbocycles. The monoisotopic (exact) mass is 560 g/mol. The van der Waals surface area contributed by atoms with E-state index in [0.717, 1.165) is 18.6 Å². The van der Waals surface area contributed by atoms with Gasteiger partial charge in [-0.25, -0.2) is 32.6 Å². The Balaban J connectivity index is 1.51. The number of nitrogens with two attached hydrogens (primary N) is 1. The molecule has 0 spiro atoms. The van der Waals surface area contributed by atoms with Crippen LogP contribution in [0.25, 0.3) is 22.3 Å². The first kappa shape index (κ1) is 27.0. The number of hydrogen-bond acceptors (Lipinski definition) is 7. The van der Waals surface area contributed by atoms with Crippen LogP contribution in [-0.2, 0) is 4.79 Å². The second kappa shape index (κ2) is 10.5. The molecule has 1 fully saturated rings. The number of fused-ring (bicyclic) bond motifs is 1. The van der Waals surface area contributed by atoms with Gasteiger partial charge >= 0.3 is 5.97 Å². The minimum absolute atomic E-state index is 0.0253. The van der Waals surface area contributed by atoms with Crippen LogP contribution in [0.2, 0.25) is 0 Å². The van der Waals surface area contributed by atoms with Crippen molar-refractivity contribution >= 4 is 22.8 Å². The number of rotatable bonds is 7. The molecule has 1 atom stereocenters. The molecule has 2 aromatic carbocycles. The minimum atomic E-state index is -1.77. The van der Waals surface area contributed by atoms with E-state index in [9.17, 15) is 27.5 Å². The number of piperidine rings is 1. The third-order valence-corrected chi connectivity index (χ3v) is 6.55. The molecule has 40 heavy (non-hydrogen) atoms. The second-order valence-corrected chi connectivity index (χ2v) is 9.23. The van der Waals surface area contributed by atoms with Crippen molar-refractivity contribution in [1.29, 1.82) is 0 Å². The van der Waals surface area contributed by atoms with E-state index in [0.29, 0.717) is 25.2 Å². The molecule has 2 aromatic heterocycles. The van der Waals surface area contributed by atoms with Crippen LogP contribution in [0.1, 0.15) is 18.9 Å². The van der Waals surface area contributed by atoms with Gasteiger partial charge in [-0.1, -0.05) is 6.58 Å². The lowest BCUT2D eigenvalue weighted by Gasteiger charge is -2.32. The normalized spacial score (nSPS) is 15.9. The van der Waals surface area contributed by atoms with E-state index in [4.69, 9.17) is 10.5 Å². The summed E-state index contributed by atoms with van der Waals surface area (Å²) >= 11 is 0. The number of ether oxygens (including phenoxy) is 1. The summed E-state index contributed by atoms with van der Waals surface area (Å²) in [6, 6.07) is 2.90. The van der Waals surface area contributed by atoms with Crippen molar-refractivity contribution in [2.75, 3.05) is 25.4 Å². The molecule has 3 N–H and O–H groups in total. The van der Waals surface area contributed by atoms with Crippen molar-refractivity contribution in [3.05, 3.63) is 71.8 Å². The van der Waals surface area contributed by atoms with Gasteiger partial charge in [0.15, 0.2) is 17.3 Å². The van der Waals surface area contributed by atoms with Gasteiger partial charge in [-0.15, -0.1) is 0 Å². The van der Waals surface area contributed by atoms with Gasteiger partial charge < -0.3 is 15.6 Å². The van der Waals surface area contributed by atoms with Crippen molar-refractivity contribution in [1.82, 2.24) is 24.6 Å². The summed E-state index contributed by atoms with van der Waals surface area (Å²) in [5.41, 5.74) is 6.49. The molecule has 5 rings (SSSR count). The topological polar surface area (TPSA) is 119 Å². The Kier molecular flexibility index (Phi) is 7.10. The van der Waals surface area contributed by atoms with Gasteiger partial charge in [-0.2, -0.15) is 13.9 Å². The number of aliphatic carboxylic acids is 1. The molecule has 9 nitrogen and oxygen atoms in total. The quantitative estimate of drug-likeness (QED) is 0.187. The summed E-state index contributed by atoms with van der Waals surface area (Å²) in [5, 5.41) is 14.0. The Morgan fingerprint density at radius 3 is 2.50 bits per heavy atom. The van der Waals surface area contributed by atoms with Gasteiger partial charge in [0.1, 0.15) is 29.4 Å². The van der Waals surface area contributed by atoms with Crippen molar-refractivity contribution in [2.24, 2.45) is 0 Å². The fraction of sp³-hybridized carbons (Fsp3) is 0.231. The molecule has 1 unspecified atom stereocenters. The lowest BCUT2D eigenvalue weighted by molar-refractivity contribution is -0.132. The predicted molar refractivity (Wildman–Crippen MR) is 133 cm³/mol. The maximum absolute atomic E-state index is 15.4. The van der Waals surface area contributed by atoms with Gasteiger partial charge in [-0.3, -0.25) is 4.90 Å². The number of nitrogens with zero attached hydrogens (tertiary/aromatic N) is 5. The molecule has 0 bridgehead atoms. The van der Waals surface area contributed by atoms with Crippen molar-refractivity contribution < 1.29 is 36.6 Å². The van der Waals surface area contributed by atoms with Crippen LogP contribution in [-0.4, -0.2) is 55.4 Å². The van der Waals surface area contributed by atoms with E-state index >= 15 is 4.39 Å². The van der Waals surface area contributed by atoms with Gasteiger partial charge in [0.05, 0.1) is 11.4 Å². The number of carbonyl (C=O) groups is 1. The highest BCUT2D eigenvalue weighted by molar-refractivity contribution is 5.98. The molecule has 1 aliphatic heterocycles. The van der Waals surface area contributed by atoms with Gasteiger partial charge in [0, 0.05) is 36.4 Å². The van der Waals surface area contributed by atoms with E-state index in [-0.39, 0.29) is 46.7 Å². The molecule has 14 heteroatoms. The van der Waals surface area contributed by atoms with E-state index in [1.807, 2.05) is 4.90 Å². The van der Waals surface area contributed by atoms with Gasteiger partial charge in [0.25, 0.3) is 0 Å². The first-order chi connectivity index (χ1) is 19.0. The Morgan fingerprint density at radius 2 is 1.82 bits per heavy atom. The largest absolute Gasteiger partial charge is 0.478 e. The van der Waals surface area contributed by atoms with Crippen LogP contribution in [0, 0.1) is 29.1 Å². The van der Waals surface area contributed by atoms with Crippen LogP contribution < -0.4 is 10.5 Å². The average Bonchev–Trinajstić information content (AvgIpc) is 3.31. The zero-order valence-electron chi connectivity index (χ0n) is 20.7. The zero-order valence-corrected chi connectivity index (χ0v) is 20.7. The Bertz CT molecular complexity index is 1630. The van der Waals surface area contributed by atoms with Gasteiger partial charge in [0.2, 0.25) is 17.4 Å². The fourth-order valence-corrected chi connectivity index (χ4v) is 4.66. The van der Waals surface area contributed by atoms with Crippen LogP contribution in [0.3, 0.4) is 0 Å². The molecule has 0 saturated carbocycles. The number of nitrogen functional groups attached to an aromatic ring is 1. The smallest absolute Gasteiger partial charge is 0.332 e. The van der Waals surface area contributed by atoms with Crippen molar-refractivity contribution in [3.63, 3.8) is 0 Å². The summed E-state index contributed by atoms with van der Waals surface area (Å²) in [6.07, 6.45) is 2.64. The Hall–Kier alpha value is -4.59. The van der Waals surface area contributed by atoms with Crippen LogP contribution in [0.5, 0.6) is 11.5 Å². The summed E-state index contributed by atoms with van der Waals surface area (Å²) in [7, 11) is 0. The molecular weight excluding hydrogens is 539 g/mol. The molecular formula is C26H21F5N6O3. The number of hydrogen-bond donors (Lipinski definition) is 2. The highest BCUT2D eigenvalue weighted by Gasteiger charge is 2.28. The fourth-order valence-electron chi connectivity index (χ4n) is 4.66. The van der Waals surface area contributed by atoms with E-state index in [2.05, 4.69) is 21.6 Å². The number of aromatic nitrogens is 4. The minimum Gasteiger partial charge on any atom is -0.478 e.